The number of nitrogens with zero attached hydrogens (tertiary/aromatic N) is 2. The Labute approximate surface area is 111 Å². The number of carbonyl (C=O) groups excluding carboxylic acids is 1. The van der Waals surface area contributed by atoms with Crippen molar-refractivity contribution in [1.82, 2.24) is 9.88 Å². The summed E-state index contributed by atoms with van der Waals surface area (Å²) in [6.07, 6.45) is 5.92. The predicted octanol–water partition coefficient (Wildman–Crippen LogP) is 3.40. The largest absolute Gasteiger partial charge is 0.339 e. The molecule has 17 heavy (non-hydrogen) atoms. The number of hydrogen-bond donors (Lipinski definition) is 0. The number of rotatable bonds is 1. The lowest BCUT2D eigenvalue weighted by atomic mass is 10.2. The van der Waals surface area contributed by atoms with E-state index in [1.54, 1.807) is 0 Å². The molecule has 0 N–H and O–H groups in total. The minimum Gasteiger partial charge on any atom is -0.339 e. The molecule has 0 atom stereocenters. The number of likely N-dealkylation sites (tertiary alicyclic amines) is 1. The van der Waals surface area contributed by atoms with Crippen LogP contribution in [0.4, 0.5) is 0 Å². The second-order valence-electron chi connectivity index (χ2n) is 4.19. The minimum absolute atomic E-state index is 0.0406. The Bertz CT molecular complexity index is 415. The molecule has 1 amide bonds. The van der Waals surface area contributed by atoms with Crippen molar-refractivity contribution >= 4 is 29.1 Å². The van der Waals surface area contributed by atoms with Gasteiger partial charge in [-0.15, -0.1) is 0 Å². The van der Waals surface area contributed by atoms with E-state index in [-0.39, 0.29) is 5.91 Å². The fourth-order valence-electron chi connectivity index (χ4n) is 2.02. The Morgan fingerprint density at radius 2 is 1.82 bits per heavy atom. The lowest BCUT2D eigenvalue weighted by Crippen LogP contribution is -2.32. The van der Waals surface area contributed by atoms with Crippen molar-refractivity contribution in [3.63, 3.8) is 0 Å². The molecule has 0 aromatic carbocycles. The summed E-state index contributed by atoms with van der Waals surface area (Å²) in [5, 5.41) is 0.663. The van der Waals surface area contributed by atoms with Gasteiger partial charge < -0.3 is 4.90 Å². The standard InChI is InChI=1S/C12H14Cl2N2O/c13-10-8-15-11(14)7-9(10)12(17)16-5-3-1-2-4-6-16/h7-8H,1-6H2. The maximum atomic E-state index is 12.3. The number of pyridine rings is 1. The average molecular weight is 273 g/mol. The Balaban J connectivity index is 2.20. The Morgan fingerprint density at radius 3 is 2.47 bits per heavy atom. The summed E-state index contributed by atoms with van der Waals surface area (Å²) in [4.78, 5) is 18.0. The summed E-state index contributed by atoms with van der Waals surface area (Å²) in [6, 6.07) is 1.54. The molecule has 0 unspecified atom stereocenters. The zero-order chi connectivity index (χ0) is 12.3. The van der Waals surface area contributed by atoms with Crippen LogP contribution in [-0.2, 0) is 0 Å². The van der Waals surface area contributed by atoms with E-state index in [0.29, 0.717) is 15.7 Å². The highest BCUT2D eigenvalue weighted by molar-refractivity contribution is 6.35. The molecule has 0 aliphatic carbocycles. The van der Waals surface area contributed by atoms with Crippen molar-refractivity contribution in [3.8, 4) is 0 Å². The molecule has 5 heteroatoms. The minimum atomic E-state index is -0.0406. The molecule has 0 radical (unpaired) electrons. The highest BCUT2D eigenvalue weighted by atomic mass is 35.5. The molecule has 1 aliphatic rings. The van der Waals surface area contributed by atoms with Crippen LogP contribution in [0.25, 0.3) is 0 Å². The summed E-state index contributed by atoms with van der Waals surface area (Å²) in [5.74, 6) is -0.0406. The molecule has 1 saturated heterocycles. The fraction of sp³-hybridized carbons (Fsp3) is 0.500. The van der Waals surface area contributed by atoms with Crippen LogP contribution in [0.2, 0.25) is 10.2 Å². The molecular weight excluding hydrogens is 259 g/mol. The Morgan fingerprint density at radius 1 is 1.18 bits per heavy atom. The van der Waals surface area contributed by atoms with Crippen LogP contribution >= 0.6 is 23.2 Å². The smallest absolute Gasteiger partial charge is 0.255 e. The van der Waals surface area contributed by atoms with Crippen LogP contribution in [0, 0.1) is 0 Å². The summed E-state index contributed by atoms with van der Waals surface area (Å²) in [6.45, 7) is 1.60. The van der Waals surface area contributed by atoms with Gasteiger partial charge in [-0.25, -0.2) is 4.98 Å². The summed E-state index contributed by atoms with van der Waals surface area (Å²) < 4.78 is 0. The Hall–Kier alpha value is -0.800. The van der Waals surface area contributed by atoms with E-state index in [9.17, 15) is 4.79 Å². The van der Waals surface area contributed by atoms with Gasteiger partial charge in [-0.2, -0.15) is 0 Å². The summed E-state index contributed by atoms with van der Waals surface area (Å²) >= 11 is 11.8. The van der Waals surface area contributed by atoms with Gasteiger partial charge in [0.25, 0.3) is 5.91 Å². The summed E-state index contributed by atoms with van der Waals surface area (Å²) in [5.41, 5.74) is 0.452. The molecule has 1 aliphatic heterocycles. The zero-order valence-electron chi connectivity index (χ0n) is 9.46. The van der Waals surface area contributed by atoms with Crippen molar-refractivity contribution < 1.29 is 4.79 Å². The maximum absolute atomic E-state index is 12.3. The maximum Gasteiger partial charge on any atom is 0.255 e. The predicted molar refractivity (Wildman–Crippen MR) is 68.6 cm³/mol. The van der Waals surface area contributed by atoms with Gasteiger partial charge in [0.1, 0.15) is 5.15 Å². The topological polar surface area (TPSA) is 33.2 Å². The van der Waals surface area contributed by atoms with Crippen molar-refractivity contribution in [1.29, 1.82) is 0 Å². The third-order valence-corrected chi connectivity index (χ3v) is 3.45. The van der Waals surface area contributed by atoms with E-state index in [4.69, 9.17) is 23.2 Å². The lowest BCUT2D eigenvalue weighted by molar-refractivity contribution is 0.0761. The molecule has 92 valence electrons. The lowest BCUT2D eigenvalue weighted by Gasteiger charge is -2.20. The van der Waals surface area contributed by atoms with Crippen LogP contribution in [0.1, 0.15) is 36.0 Å². The van der Waals surface area contributed by atoms with Crippen LogP contribution in [-0.4, -0.2) is 28.9 Å². The van der Waals surface area contributed by atoms with Crippen LogP contribution in [0.5, 0.6) is 0 Å². The van der Waals surface area contributed by atoms with Gasteiger partial charge in [0.2, 0.25) is 0 Å². The van der Waals surface area contributed by atoms with Gasteiger partial charge in [0, 0.05) is 19.3 Å². The van der Waals surface area contributed by atoms with E-state index in [1.807, 2.05) is 4.90 Å². The molecular formula is C12H14Cl2N2O. The molecule has 2 heterocycles. The Kier molecular flexibility index (Phi) is 4.24. The fourth-order valence-corrected chi connectivity index (χ4v) is 2.36. The molecule has 0 saturated carbocycles. The molecule has 1 aromatic heterocycles. The monoisotopic (exact) mass is 272 g/mol. The van der Waals surface area contributed by atoms with Crippen molar-refractivity contribution in [2.75, 3.05) is 13.1 Å². The first kappa shape index (κ1) is 12.7. The van der Waals surface area contributed by atoms with E-state index in [2.05, 4.69) is 4.98 Å². The number of hydrogen-bond acceptors (Lipinski definition) is 2. The molecule has 1 aromatic rings. The number of halogens is 2. The first-order valence-electron chi connectivity index (χ1n) is 5.79. The van der Waals surface area contributed by atoms with Crippen LogP contribution in [0.15, 0.2) is 12.3 Å². The first-order chi connectivity index (χ1) is 8.18. The molecule has 0 bridgehead atoms. The SMILES string of the molecule is O=C(c1cc(Cl)ncc1Cl)N1CCCCCC1. The van der Waals surface area contributed by atoms with E-state index in [1.165, 1.54) is 25.1 Å². The van der Waals surface area contributed by atoms with Crippen molar-refractivity contribution in [3.05, 3.63) is 28.0 Å². The van der Waals surface area contributed by atoms with Crippen LogP contribution in [0.3, 0.4) is 0 Å². The molecule has 1 fully saturated rings. The van der Waals surface area contributed by atoms with E-state index >= 15 is 0 Å². The van der Waals surface area contributed by atoms with Gasteiger partial charge in [0.05, 0.1) is 10.6 Å². The number of aromatic nitrogens is 1. The molecule has 2 rings (SSSR count). The first-order valence-corrected chi connectivity index (χ1v) is 6.54. The van der Waals surface area contributed by atoms with Crippen molar-refractivity contribution in [2.45, 2.75) is 25.7 Å². The second-order valence-corrected chi connectivity index (χ2v) is 4.99. The van der Waals surface area contributed by atoms with Gasteiger partial charge >= 0.3 is 0 Å². The van der Waals surface area contributed by atoms with E-state index in [0.717, 1.165) is 25.9 Å². The quantitative estimate of drug-likeness (QED) is 0.735. The summed E-state index contributed by atoms with van der Waals surface area (Å²) in [7, 11) is 0. The normalized spacial score (nSPS) is 16.7. The van der Waals surface area contributed by atoms with Gasteiger partial charge in [-0.1, -0.05) is 36.0 Å². The molecule has 0 spiro atoms. The zero-order valence-corrected chi connectivity index (χ0v) is 11.0. The number of carbonyl (C=O) groups is 1. The van der Waals surface area contributed by atoms with Gasteiger partial charge in [0.15, 0.2) is 0 Å². The third-order valence-electron chi connectivity index (χ3n) is 2.95. The van der Waals surface area contributed by atoms with Crippen molar-refractivity contribution in [2.24, 2.45) is 0 Å². The highest BCUT2D eigenvalue weighted by Crippen LogP contribution is 2.21. The van der Waals surface area contributed by atoms with Crippen LogP contribution < -0.4 is 0 Å². The van der Waals surface area contributed by atoms with Gasteiger partial charge in [-0.3, -0.25) is 4.79 Å². The average Bonchev–Trinajstić information content (AvgIpc) is 2.60. The highest BCUT2D eigenvalue weighted by Gasteiger charge is 2.20. The van der Waals surface area contributed by atoms with E-state index < -0.39 is 0 Å². The van der Waals surface area contributed by atoms with Gasteiger partial charge in [-0.05, 0) is 18.9 Å². The number of amides is 1. The third kappa shape index (κ3) is 3.11. The molecule has 3 nitrogen and oxygen atoms in total. The second kappa shape index (κ2) is 5.69.